The molecule has 0 aliphatic carbocycles. The highest BCUT2D eigenvalue weighted by Gasteiger charge is 2.16. The van der Waals surface area contributed by atoms with Crippen molar-refractivity contribution in [1.82, 2.24) is 10.6 Å². The molecule has 1 aliphatic rings. The van der Waals surface area contributed by atoms with Crippen molar-refractivity contribution in [1.29, 1.82) is 0 Å². The number of allylic oxidation sites excluding steroid dienone is 4. The highest BCUT2D eigenvalue weighted by Crippen LogP contribution is 2.07. The van der Waals surface area contributed by atoms with Crippen molar-refractivity contribution >= 4 is 6.09 Å². The monoisotopic (exact) mass is 208 g/mol. The van der Waals surface area contributed by atoms with E-state index in [2.05, 4.69) is 10.6 Å². The lowest BCUT2D eigenvalue weighted by Crippen LogP contribution is -2.35. The Hall–Kier alpha value is -1.71. The first-order valence-electron chi connectivity index (χ1n) is 4.77. The molecular formula is C11H16N2O2. The number of hydrogen-bond acceptors (Lipinski definition) is 3. The number of carbonyl (C=O) groups is 1. The second-order valence-electron chi connectivity index (χ2n) is 4.10. The van der Waals surface area contributed by atoms with E-state index in [0.29, 0.717) is 5.82 Å². The van der Waals surface area contributed by atoms with Gasteiger partial charge in [0, 0.05) is 6.20 Å². The van der Waals surface area contributed by atoms with Gasteiger partial charge in [0.1, 0.15) is 11.4 Å². The van der Waals surface area contributed by atoms with Crippen molar-refractivity contribution in [2.45, 2.75) is 26.4 Å². The normalized spacial score (nSPS) is 15.0. The molecule has 1 heterocycles. The van der Waals surface area contributed by atoms with Crippen molar-refractivity contribution < 1.29 is 9.53 Å². The Morgan fingerprint density at radius 2 is 2.07 bits per heavy atom. The number of ether oxygens (including phenoxy) is 1. The fourth-order valence-electron chi connectivity index (χ4n) is 0.949. The Labute approximate surface area is 89.7 Å². The molecule has 0 aromatic rings. The van der Waals surface area contributed by atoms with E-state index in [9.17, 15) is 4.79 Å². The molecule has 0 saturated heterocycles. The maximum absolute atomic E-state index is 11.4. The van der Waals surface area contributed by atoms with Gasteiger partial charge in [-0.25, -0.2) is 4.79 Å². The van der Waals surface area contributed by atoms with Crippen LogP contribution in [-0.4, -0.2) is 11.7 Å². The number of carbonyl (C=O) groups excluding carboxylic acids is 1. The van der Waals surface area contributed by atoms with Gasteiger partial charge >= 0.3 is 6.09 Å². The van der Waals surface area contributed by atoms with Crippen LogP contribution in [0.1, 0.15) is 20.8 Å². The van der Waals surface area contributed by atoms with Crippen LogP contribution in [-0.2, 0) is 4.74 Å². The van der Waals surface area contributed by atoms with Crippen molar-refractivity contribution in [3.8, 4) is 0 Å². The van der Waals surface area contributed by atoms with Crippen LogP contribution in [0, 0.1) is 0 Å². The highest BCUT2D eigenvalue weighted by atomic mass is 16.6. The quantitative estimate of drug-likeness (QED) is 0.693. The standard InChI is InChI=1S/C11H16N2O2/c1-11(2,3)15-10(14)13-9-7-5-4-6-8-12-9/h4-8,12H,1-3H3,(H,13,14). The summed E-state index contributed by atoms with van der Waals surface area (Å²) in [5.41, 5.74) is -0.485. The van der Waals surface area contributed by atoms with Crippen molar-refractivity contribution in [2.75, 3.05) is 0 Å². The molecule has 0 atom stereocenters. The maximum atomic E-state index is 11.4. The molecule has 0 radical (unpaired) electrons. The van der Waals surface area contributed by atoms with Gasteiger partial charge in [-0.05, 0) is 32.9 Å². The zero-order valence-electron chi connectivity index (χ0n) is 9.20. The smallest absolute Gasteiger partial charge is 0.413 e. The lowest BCUT2D eigenvalue weighted by Gasteiger charge is -2.20. The highest BCUT2D eigenvalue weighted by molar-refractivity contribution is 5.70. The maximum Gasteiger partial charge on any atom is 0.413 e. The number of rotatable bonds is 1. The number of alkyl carbamates (subject to hydrolysis) is 1. The first kappa shape index (κ1) is 11.4. The summed E-state index contributed by atoms with van der Waals surface area (Å²) in [6, 6.07) is 0. The van der Waals surface area contributed by atoms with Crippen LogP contribution in [0.2, 0.25) is 0 Å². The van der Waals surface area contributed by atoms with Crippen LogP contribution < -0.4 is 10.6 Å². The zero-order valence-corrected chi connectivity index (χ0v) is 9.20. The van der Waals surface area contributed by atoms with Crippen molar-refractivity contribution in [3.63, 3.8) is 0 Å². The van der Waals surface area contributed by atoms with E-state index in [-0.39, 0.29) is 0 Å². The summed E-state index contributed by atoms with van der Waals surface area (Å²) in [6.07, 6.45) is 8.53. The molecule has 0 spiro atoms. The molecule has 1 rings (SSSR count). The third-order valence-electron chi connectivity index (χ3n) is 1.46. The van der Waals surface area contributed by atoms with Gasteiger partial charge in [0.15, 0.2) is 0 Å². The Morgan fingerprint density at radius 1 is 1.33 bits per heavy atom. The fourth-order valence-corrected chi connectivity index (χ4v) is 0.949. The molecule has 0 saturated carbocycles. The molecule has 4 nitrogen and oxygen atoms in total. The minimum Gasteiger partial charge on any atom is -0.444 e. The van der Waals surface area contributed by atoms with E-state index in [1.165, 1.54) is 0 Å². The molecular weight excluding hydrogens is 192 g/mol. The predicted octanol–water partition coefficient (Wildman–Crippen LogP) is 2.03. The van der Waals surface area contributed by atoms with Gasteiger partial charge < -0.3 is 10.1 Å². The average Bonchev–Trinajstić information content (AvgIpc) is 2.28. The molecule has 1 amide bonds. The average molecular weight is 208 g/mol. The molecule has 15 heavy (non-hydrogen) atoms. The zero-order chi connectivity index (χ0) is 11.3. The number of nitrogens with one attached hydrogen (secondary N) is 2. The Kier molecular flexibility index (Phi) is 3.55. The molecule has 1 aliphatic heterocycles. The van der Waals surface area contributed by atoms with Gasteiger partial charge in [-0.3, -0.25) is 5.32 Å². The molecule has 2 N–H and O–H groups in total. The second kappa shape index (κ2) is 4.68. The van der Waals surface area contributed by atoms with Crippen LogP contribution in [0.3, 0.4) is 0 Å². The first-order chi connectivity index (χ1) is 6.97. The van der Waals surface area contributed by atoms with E-state index in [0.717, 1.165) is 0 Å². The molecule has 0 fully saturated rings. The van der Waals surface area contributed by atoms with E-state index >= 15 is 0 Å². The number of hydrogen-bond donors (Lipinski definition) is 2. The van der Waals surface area contributed by atoms with Gasteiger partial charge in [0.2, 0.25) is 0 Å². The van der Waals surface area contributed by atoms with Gasteiger partial charge in [-0.1, -0.05) is 12.2 Å². The van der Waals surface area contributed by atoms with E-state index in [4.69, 9.17) is 4.74 Å². The second-order valence-corrected chi connectivity index (χ2v) is 4.10. The third-order valence-corrected chi connectivity index (χ3v) is 1.46. The summed E-state index contributed by atoms with van der Waals surface area (Å²) in [4.78, 5) is 11.4. The minimum atomic E-state index is -0.485. The van der Waals surface area contributed by atoms with Crippen LogP contribution in [0.5, 0.6) is 0 Å². The van der Waals surface area contributed by atoms with E-state index < -0.39 is 11.7 Å². The third kappa shape index (κ3) is 4.90. The molecule has 0 unspecified atom stereocenters. The minimum absolute atomic E-state index is 0.468. The summed E-state index contributed by atoms with van der Waals surface area (Å²) in [7, 11) is 0. The van der Waals surface area contributed by atoms with Gasteiger partial charge in [0.05, 0.1) is 0 Å². The summed E-state index contributed by atoms with van der Waals surface area (Å²) in [5, 5.41) is 5.51. The largest absolute Gasteiger partial charge is 0.444 e. The fraction of sp³-hybridized carbons (Fsp3) is 0.364. The molecule has 0 aromatic carbocycles. The number of amides is 1. The van der Waals surface area contributed by atoms with Crippen LogP contribution in [0.4, 0.5) is 4.79 Å². The summed E-state index contributed by atoms with van der Waals surface area (Å²) in [6.45, 7) is 5.46. The first-order valence-corrected chi connectivity index (χ1v) is 4.77. The van der Waals surface area contributed by atoms with E-state index in [1.54, 1.807) is 12.3 Å². The van der Waals surface area contributed by atoms with Crippen LogP contribution in [0.25, 0.3) is 0 Å². The topological polar surface area (TPSA) is 50.4 Å². The molecule has 82 valence electrons. The SMILES string of the molecule is CC(C)(C)OC(=O)NC1=CC=CC=CN1. The molecule has 0 bridgehead atoms. The Morgan fingerprint density at radius 3 is 2.73 bits per heavy atom. The Bertz CT molecular complexity index is 322. The summed E-state index contributed by atoms with van der Waals surface area (Å²) in [5.74, 6) is 0.592. The summed E-state index contributed by atoms with van der Waals surface area (Å²) < 4.78 is 5.10. The van der Waals surface area contributed by atoms with Crippen LogP contribution in [0.15, 0.2) is 36.3 Å². The van der Waals surface area contributed by atoms with Crippen molar-refractivity contribution in [2.24, 2.45) is 0 Å². The van der Waals surface area contributed by atoms with Crippen molar-refractivity contribution in [3.05, 3.63) is 36.3 Å². The van der Waals surface area contributed by atoms with Gasteiger partial charge in [-0.15, -0.1) is 0 Å². The van der Waals surface area contributed by atoms with Crippen LogP contribution >= 0.6 is 0 Å². The van der Waals surface area contributed by atoms with Gasteiger partial charge in [-0.2, -0.15) is 0 Å². The lowest BCUT2D eigenvalue weighted by atomic mass is 10.2. The van der Waals surface area contributed by atoms with E-state index in [1.807, 2.05) is 39.0 Å². The Balaban J connectivity index is 2.48. The van der Waals surface area contributed by atoms with Gasteiger partial charge in [0.25, 0.3) is 0 Å². The molecule has 0 aromatic heterocycles. The summed E-state index contributed by atoms with van der Waals surface area (Å²) >= 11 is 0. The lowest BCUT2D eigenvalue weighted by molar-refractivity contribution is 0.0543. The molecule has 4 heteroatoms. The predicted molar refractivity (Wildman–Crippen MR) is 58.9 cm³/mol.